The van der Waals surface area contributed by atoms with Gasteiger partial charge in [0, 0.05) is 31.2 Å². The van der Waals surface area contributed by atoms with Gasteiger partial charge in [0.05, 0.1) is 30.9 Å². The zero-order chi connectivity index (χ0) is 27.1. The number of carbonyl (C=O) groups is 1. The molecule has 1 N–H and O–H groups in total. The average Bonchev–Trinajstić information content (AvgIpc) is 2.92. The Morgan fingerprint density at radius 1 is 1.03 bits per heavy atom. The lowest BCUT2D eigenvalue weighted by Crippen LogP contribution is -2.40. The molecule has 4 rings (SSSR count). The highest BCUT2D eigenvalue weighted by Gasteiger charge is 2.29. The van der Waals surface area contributed by atoms with Crippen molar-refractivity contribution in [1.29, 1.82) is 0 Å². The molecule has 0 bridgehead atoms. The summed E-state index contributed by atoms with van der Waals surface area (Å²) in [6.07, 6.45) is 0. The van der Waals surface area contributed by atoms with Crippen LogP contribution in [-0.2, 0) is 32.6 Å². The van der Waals surface area contributed by atoms with Crippen LogP contribution >= 0.6 is 11.6 Å². The van der Waals surface area contributed by atoms with Crippen LogP contribution in [0.25, 0.3) is 0 Å². The Balaban J connectivity index is 1.48. The molecule has 202 valence electrons. The zero-order valence-corrected chi connectivity index (χ0v) is 23.1. The van der Waals surface area contributed by atoms with E-state index in [4.69, 9.17) is 21.1 Å². The molecule has 0 aliphatic carbocycles. The van der Waals surface area contributed by atoms with Gasteiger partial charge < -0.3 is 14.8 Å². The SMILES string of the molecule is COc1ccc(Cl)cc1N(CC(=O)NCc1ccc(CN2CCOCC2)cc1)S(=O)(=O)c1ccc(C)cc1. The summed E-state index contributed by atoms with van der Waals surface area (Å²) in [5.41, 5.74) is 3.20. The first kappa shape index (κ1) is 27.9. The largest absolute Gasteiger partial charge is 0.495 e. The van der Waals surface area contributed by atoms with Crippen molar-refractivity contribution in [1.82, 2.24) is 10.2 Å². The van der Waals surface area contributed by atoms with E-state index in [2.05, 4.69) is 10.2 Å². The maximum Gasteiger partial charge on any atom is 0.264 e. The first-order valence-corrected chi connectivity index (χ1v) is 14.2. The predicted octanol–water partition coefficient (Wildman–Crippen LogP) is 4.00. The summed E-state index contributed by atoms with van der Waals surface area (Å²) in [6, 6.07) is 19.1. The Morgan fingerprint density at radius 3 is 2.34 bits per heavy atom. The lowest BCUT2D eigenvalue weighted by Gasteiger charge is -2.26. The van der Waals surface area contributed by atoms with Gasteiger partial charge in [-0.15, -0.1) is 0 Å². The van der Waals surface area contributed by atoms with E-state index >= 15 is 0 Å². The van der Waals surface area contributed by atoms with E-state index in [9.17, 15) is 13.2 Å². The van der Waals surface area contributed by atoms with Gasteiger partial charge in [-0.3, -0.25) is 14.0 Å². The van der Waals surface area contributed by atoms with Crippen LogP contribution in [0.4, 0.5) is 5.69 Å². The first-order valence-electron chi connectivity index (χ1n) is 12.3. The minimum Gasteiger partial charge on any atom is -0.495 e. The number of halogens is 1. The van der Waals surface area contributed by atoms with E-state index < -0.39 is 22.5 Å². The van der Waals surface area contributed by atoms with E-state index in [1.807, 2.05) is 31.2 Å². The van der Waals surface area contributed by atoms with Crippen molar-refractivity contribution in [2.24, 2.45) is 0 Å². The second-order valence-electron chi connectivity index (χ2n) is 9.12. The number of nitrogens with one attached hydrogen (secondary N) is 1. The van der Waals surface area contributed by atoms with Crippen molar-refractivity contribution >= 4 is 33.2 Å². The Kier molecular flexibility index (Phi) is 9.27. The number of rotatable bonds is 10. The van der Waals surface area contributed by atoms with Gasteiger partial charge >= 0.3 is 0 Å². The van der Waals surface area contributed by atoms with E-state index in [0.717, 1.165) is 48.3 Å². The molecule has 0 spiro atoms. The maximum atomic E-state index is 13.7. The highest BCUT2D eigenvalue weighted by atomic mass is 35.5. The van der Waals surface area contributed by atoms with Gasteiger partial charge in [0.2, 0.25) is 5.91 Å². The van der Waals surface area contributed by atoms with Crippen molar-refractivity contribution in [3.05, 3.63) is 88.4 Å². The van der Waals surface area contributed by atoms with Crippen LogP contribution in [0, 0.1) is 6.92 Å². The lowest BCUT2D eigenvalue weighted by atomic mass is 10.1. The highest BCUT2D eigenvalue weighted by molar-refractivity contribution is 7.92. The van der Waals surface area contributed by atoms with Crippen LogP contribution in [0.1, 0.15) is 16.7 Å². The number of hydrogen-bond acceptors (Lipinski definition) is 6. The van der Waals surface area contributed by atoms with Gasteiger partial charge in [-0.2, -0.15) is 0 Å². The summed E-state index contributed by atoms with van der Waals surface area (Å²) >= 11 is 6.20. The summed E-state index contributed by atoms with van der Waals surface area (Å²) in [7, 11) is -2.66. The van der Waals surface area contributed by atoms with Gasteiger partial charge in [0.15, 0.2) is 0 Å². The van der Waals surface area contributed by atoms with E-state index in [0.29, 0.717) is 5.02 Å². The summed E-state index contributed by atoms with van der Waals surface area (Å²) < 4.78 is 39.2. The molecule has 1 heterocycles. The maximum absolute atomic E-state index is 13.7. The Labute approximate surface area is 229 Å². The second kappa shape index (κ2) is 12.6. The number of nitrogens with zero attached hydrogens (tertiary/aromatic N) is 2. The molecule has 3 aromatic carbocycles. The van der Waals surface area contributed by atoms with Crippen LogP contribution in [0.5, 0.6) is 5.75 Å². The van der Waals surface area contributed by atoms with Crippen LogP contribution in [0.15, 0.2) is 71.6 Å². The summed E-state index contributed by atoms with van der Waals surface area (Å²) in [5, 5.41) is 3.16. The summed E-state index contributed by atoms with van der Waals surface area (Å²) in [4.78, 5) is 15.4. The molecule has 0 saturated carbocycles. The highest BCUT2D eigenvalue weighted by Crippen LogP contribution is 2.34. The van der Waals surface area contributed by atoms with Gasteiger partial charge in [-0.25, -0.2) is 8.42 Å². The molecule has 1 aliphatic heterocycles. The van der Waals surface area contributed by atoms with Crippen LogP contribution in [-0.4, -0.2) is 59.2 Å². The summed E-state index contributed by atoms with van der Waals surface area (Å²) in [5.74, 6) is -0.172. The minimum atomic E-state index is -4.10. The number of aryl methyl sites for hydroxylation is 1. The van der Waals surface area contributed by atoms with Crippen LogP contribution < -0.4 is 14.4 Å². The Morgan fingerprint density at radius 2 is 1.68 bits per heavy atom. The Hall–Kier alpha value is -3.11. The topological polar surface area (TPSA) is 88.2 Å². The third-order valence-corrected chi connectivity index (χ3v) is 8.34. The molecule has 1 saturated heterocycles. The molecule has 0 unspecified atom stereocenters. The van der Waals surface area contributed by atoms with Gasteiger partial charge in [-0.1, -0.05) is 53.6 Å². The van der Waals surface area contributed by atoms with Crippen molar-refractivity contribution in [3.63, 3.8) is 0 Å². The van der Waals surface area contributed by atoms with Crippen LogP contribution in [0.2, 0.25) is 5.02 Å². The molecule has 0 atom stereocenters. The second-order valence-corrected chi connectivity index (χ2v) is 11.4. The van der Waals surface area contributed by atoms with Crippen molar-refractivity contribution < 1.29 is 22.7 Å². The molecule has 8 nitrogen and oxygen atoms in total. The van der Waals surface area contributed by atoms with E-state index in [1.54, 1.807) is 24.3 Å². The average molecular weight is 558 g/mol. The smallest absolute Gasteiger partial charge is 0.264 e. The number of anilines is 1. The monoisotopic (exact) mass is 557 g/mol. The van der Waals surface area contributed by atoms with E-state index in [-0.39, 0.29) is 22.9 Å². The minimum absolute atomic E-state index is 0.0637. The van der Waals surface area contributed by atoms with Gasteiger partial charge in [0.25, 0.3) is 10.0 Å². The molecule has 38 heavy (non-hydrogen) atoms. The normalized spacial score (nSPS) is 14.2. The predicted molar refractivity (Wildman–Crippen MR) is 148 cm³/mol. The van der Waals surface area contributed by atoms with Crippen molar-refractivity contribution in [3.8, 4) is 5.75 Å². The Bertz CT molecular complexity index is 1340. The molecular weight excluding hydrogens is 526 g/mol. The van der Waals surface area contributed by atoms with Crippen LogP contribution in [0.3, 0.4) is 0 Å². The number of benzene rings is 3. The molecule has 0 aromatic heterocycles. The molecule has 1 aliphatic rings. The fourth-order valence-electron chi connectivity index (χ4n) is 4.16. The third-order valence-electron chi connectivity index (χ3n) is 6.33. The molecule has 1 amide bonds. The number of ether oxygens (including phenoxy) is 2. The molecule has 10 heteroatoms. The number of sulfonamides is 1. The number of morpholine rings is 1. The standard InChI is InChI=1S/C28H32ClN3O5S/c1-21-3-10-25(11-4-21)38(34,35)32(26-17-24(29)9-12-27(26)36-2)20-28(33)30-18-22-5-7-23(8-6-22)19-31-13-15-37-16-14-31/h3-12,17H,13-16,18-20H2,1-2H3,(H,30,33). The number of amides is 1. The first-order chi connectivity index (χ1) is 18.3. The zero-order valence-electron chi connectivity index (χ0n) is 21.5. The van der Waals surface area contributed by atoms with Gasteiger partial charge in [-0.05, 0) is 48.4 Å². The fraction of sp³-hybridized carbons (Fsp3) is 0.321. The molecular formula is C28H32ClN3O5S. The van der Waals surface area contributed by atoms with E-state index in [1.165, 1.54) is 30.9 Å². The number of methoxy groups -OCH3 is 1. The van der Waals surface area contributed by atoms with Crippen molar-refractivity contribution in [2.75, 3.05) is 44.3 Å². The lowest BCUT2D eigenvalue weighted by molar-refractivity contribution is -0.119. The fourth-order valence-corrected chi connectivity index (χ4v) is 5.75. The molecule has 3 aromatic rings. The van der Waals surface area contributed by atoms with Gasteiger partial charge in [0.1, 0.15) is 12.3 Å². The summed E-state index contributed by atoms with van der Waals surface area (Å²) in [6.45, 7) is 5.88. The quantitative estimate of drug-likeness (QED) is 0.405. The number of carbonyl (C=O) groups excluding carboxylic acids is 1. The van der Waals surface area contributed by atoms with Crippen molar-refractivity contribution in [2.45, 2.75) is 24.9 Å². The molecule has 0 radical (unpaired) electrons. The molecule has 1 fully saturated rings. The number of hydrogen-bond donors (Lipinski definition) is 1. The third kappa shape index (κ3) is 7.05.